The minimum atomic E-state index is -0.462. The molecule has 0 unspecified atom stereocenters. The Hall–Kier alpha value is -3.38. The summed E-state index contributed by atoms with van der Waals surface area (Å²) in [6.45, 7) is -0.116. The average Bonchev–Trinajstić information content (AvgIpc) is 2.77. The van der Waals surface area contributed by atoms with Crippen LogP contribution in [0, 0.1) is 0 Å². The van der Waals surface area contributed by atoms with Crippen LogP contribution < -0.4 is 15.1 Å². The number of benzene rings is 3. The third-order valence-corrected chi connectivity index (χ3v) is 5.18. The fourth-order valence-electron chi connectivity index (χ4n) is 3.11. The molecular formula is C24H17BrO5. The van der Waals surface area contributed by atoms with E-state index in [1.807, 2.05) is 30.3 Å². The van der Waals surface area contributed by atoms with E-state index in [-0.39, 0.29) is 12.4 Å². The van der Waals surface area contributed by atoms with Crippen LogP contribution in [0.4, 0.5) is 0 Å². The van der Waals surface area contributed by atoms with Crippen LogP contribution in [-0.2, 0) is 0 Å². The minimum absolute atomic E-state index is 0.116. The molecule has 0 aliphatic heterocycles. The summed E-state index contributed by atoms with van der Waals surface area (Å²) in [7, 11) is 1.60. The zero-order valence-electron chi connectivity index (χ0n) is 16.1. The Balaban J connectivity index is 1.60. The normalized spacial score (nSPS) is 10.7. The van der Waals surface area contributed by atoms with Crippen molar-refractivity contribution in [3.63, 3.8) is 0 Å². The molecule has 0 atom stereocenters. The SMILES string of the molecule is COc1ccc(-c2cc(=O)oc3cc(OCC(=O)c4ccc(Br)cc4)ccc23)cc1. The molecule has 1 aromatic heterocycles. The monoisotopic (exact) mass is 464 g/mol. The van der Waals surface area contributed by atoms with Gasteiger partial charge in [0.2, 0.25) is 0 Å². The Labute approximate surface area is 181 Å². The van der Waals surface area contributed by atoms with Gasteiger partial charge in [0.05, 0.1) is 7.11 Å². The molecule has 4 rings (SSSR count). The van der Waals surface area contributed by atoms with Crippen LogP contribution in [0.5, 0.6) is 11.5 Å². The molecule has 150 valence electrons. The third kappa shape index (κ3) is 4.28. The van der Waals surface area contributed by atoms with Crippen molar-refractivity contribution in [3.8, 4) is 22.6 Å². The Bertz CT molecular complexity index is 1260. The van der Waals surface area contributed by atoms with Gasteiger partial charge in [0.25, 0.3) is 0 Å². The summed E-state index contributed by atoms with van der Waals surface area (Å²) in [5, 5.41) is 0.770. The highest BCUT2D eigenvalue weighted by Gasteiger charge is 2.11. The van der Waals surface area contributed by atoms with Crippen molar-refractivity contribution in [1.29, 1.82) is 0 Å². The number of rotatable bonds is 6. The Morgan fingerprint density at radius 1 is 0.933 bits per heavy atom. The lowest BCUT2D eigenvalue weighted by atomic mass is 10.0. The number of ketones is 1. The Morgan fingerprint density at radius 2 is 1.63 bits per heavy atom. The third-order valence-electron chi connectivity index (χ3n) is 4.65. The fraction of sp³-hybridized carbons (Fsp3) is 0.0833. The zero-order valence-corrected chi connectivity index (χ0v) is 17.6. The molecular weight excluding hydrogens is 448 g/mol. The van der Waals surface area contributed by atoms with Crippen LogP contribution in [0.1, 0.15) is 10.4 Å². The summed E-state index contributed by atoms with van der Waals surface area (Å²) < 4.78 is 17.1. The predicted molar refractivity (Wildman–Crippen MR) is 118 cm³/mol. The van der Waals surface area contributed by atoms with Gasteiger partial charge < -0.3 is 13.9 Å². The van der Waals surface area contributed by atoms with Gasteiger partial charge in [-0.1, -0.05) is 40.2 Å². The highest BCUT2D eigenvalue weighted by Crippen LogP contribution is 2.30. The molecule has 0 saturated carbocycles. The second kappa shape index (κ2) is 8.55. The topological polar surface area (TPSA) is 65.7 Å². The van der Waals surface area contributed by atoms with Crippen molar-refractivity contribution in [2.75, 3.05) is 13.7 Å². The van der Waals surface area contributed by atoms with E-state index in [2.05, 4.69) is 15.9 Å². The minimum Gasteiger partial charge on any atom is -0.497 e. The van der Waals surface area contributed by atoms with Gasteiger partial charge in [-0.2, -0.15) is 0 Å². The molecule has 0 amide bonds. The largest absolute Gasteiger partial charge is 0.497 e. The highest BCUT2D eigenvalue weighted by molar-refractivity contribution is 9.10. The molecule has 0 radical (unpaired) electrons. The maximum Gasteiger partial charge on any atom is 0.336 e. The molecule has 0 spiro atoms. The van der Waals surface area contributed by atoms with Gasteiger partial charge in [0, 0.05) is 27.6 Å². The molecule has 5 nitrogen and oxygen atoms in total. The van der Waals surface area contributed by atoms with E-state index in [0.29, 0.717) is 16.9 Å². The van der Waals surface area contributed by atoms with Crippen molar-refractivity contribution in [2.45, 2.75) is 0 Å². The van der Waals surface area contributed by atoms with Gasteiger partial charge in [-0.25, -0.2) is 4.79 Å². The number of methoxy groups -OCH3 is 1. The number of carbonyl (C=O) groups is 1. The van der Waals surface area contributed by atoms with E-state index < -0.39 is 5.63 Å². The molecule has 0 saturated heterocycles. The van der Waals surface area contributed by atoms with Crippen molar-refractivity contribution in [2.24, 2.45) is 0 Å². The summed E-state index contributed by atoms with van der Waals surface area (Å²) in [4.78, 5) is 24.4. The first-order valence-corrected chi connectivity index (χ1v) is 9.97. The smallest absolute Gasteiger partial charge is 0.336 e. The first kappa shape index (κ1) is 19.9. The molecule has 0 bridgehead atoms. The summed E-state index contributed by atoms with van der Waals surface area (Å²) in [6.07, 6.45) is 0. The standard InChI is InChI=1S/C24H17BrO5/c1-28-18-8-4-15(5-9-18)21-13-24(27)30-23-12-19(10-11-20(21)23)29-14-22(26)16-2-6-17(25)7-3-16/h2-13H,14H2,1H3. The van der Waals surface area contributed by atoms with Crippen molar-refractivity contribution < 1.29 is 18.7 Å². The van der Waals surface area contributed by atoms with Crippen LogP contribution >= 0.6 is 15.9 Å². The number of hydrogen-bond donors (Lipinski definition) is 0. The number of halogens is 1. The first-order chi connectivity index (χ1) is 14.5. The number of Topliss-reactive ketones (excluding diaryl/α,β-unsaturated/α-hetero) is 1. The second-order valence-electron chi connectivity index (χ2n) is 6.58. The van der Waals surface area contributed by atoms with Crippen LogP contribution in [0.3, 0.4) is 0 Å². The molecule has 0 N–H and O–H groups in total. The van der Waals surface area contributed by atoms with Gasteiger partial charge in [0.15, 0.2) is 12.4 Å². The maximum absolute atomic E-state index is 12.3. The number of fused-ring (bicyclic) bond motifs is 1. The maximum atomic E-state index is 12.3. The number of carbonyl (C=O) groups excluding carboxylic acids is 1. The van der Waals surface area contributed by atoms with Crippen molar-refractivity contribution in [3.05, 3.63) is 93.3 Å². The molecule has 1 heterocycles. The van der Waals surface area contributed by atoms with E-state index in [0.717, 1.165) is 26.7 Å². The van der Waals surface area contributed by atoms with Gasteiger partial charge >= 0.3 is 5.63 Å². The Kier molecular flexibility index (Phi) is 5.68. The molecule has 0 fully saturated rings. The van der Waals surface area contributed by atoms with Gasteiger partial charge in [-0.15, -0.1) is 0 Å². The highest BCUT2D eigenvalue weighted by atomic mass is 79.9. The molecule has 6 heteroatoms. The quantitative estimate of drug-likeness (QED) is 0.278. The van der Waals surface area contributed by atoms with Crippen molar-refractivity contribution in [1.82, 2.24) is 0 Å². The molecule has 4 aromatic rings. The summed E-state index contributed by atoms with van der Waals surface area (Å²) in [6, 6.07) is 21.2. The average molecular weight is 465 g/mol. The van der Waals surface area contributed by atoms with E-state index in [9.17, 15) is 9.59 Å². The zero-order chi connectivity index (χ0) is 21.1. The van der Waals surface area contributed by atoms with E-state index >= 15 is 0 Å². The predicted octanol–water partition coefficient (Wildman–Crippen LogP) is 5.49. The van der Waals surface area contributed by atoms with E-state index in [1.165, 1.54) is 6.07 Å². The van der Waals surface area contributed by atoms with E-state index in [1.54, 1.807) is 43.5 Å². The summed E-state index contributed by atoms with van der Waals surface area (Å²) in [5.74, 6) is 1.04. The molecule has 30 heavy (non-hydrogen) atoms. The fourth-order valence-corrected chi connectivity index (χ4v) is 3.37. The molecule has 0 aliphatic rings. The second-order valence-corrected chi connectivity index (χ2v) is 7.50. The summed E-state index contributed by atoms with van der Waals surface area (Å²) >= 11 is 3.34. The van der Waals surface area contributed by atoms with Crippen LogP contribution in [-0.4, -0.2) is 19.5 Å². The number of ether oxygens (including phenoxy) is 2. The van der Waals surface area contributed by atoms with Crippen LogP contribution in [0.25, 0.3) is 22.1 Å². The lowest BCUT2D eigenvalue weighted by molar-refractivity contribution is 0.0921. The van der Waals surface area contributed by atoms with E-state index in [4.69, 9.17) is 13.9 Å². The van der Waals surface area contributed by atoms with Gasteiger partial charge in [0.1, 0.15) is 17.1 Å². The summed E-state index contributed by atoms with van der Waals surface area (Å²) in [5.41, 5.74) is 2.11. The van der Waals surface area contributed by atoms with Crippen LogP contribution in [0.2, 0.25) is 0 Å². The first-order valence-electron chi connectivity index (χ1n) is 9.17. The van der Waals surface area contributed by atoms with Gasteiger partial charge in [-0.3, -0.25) is 4.79 Å². The lowest BCUT2D eigenvalue weighted by Gasteiger charge is -2.09. The molecule has 3 aromatic carbocycles. The van der Waals surface area contributed by atoms with Crippen molar-refractivity contribution >= 4 is 32.7 Å². The Morgan fingerprint density at radius 3 is 2.33 bits per heavy atom. The number of hydrogen-bond acceptors (Lipinski definition) is 5. The van der Waals surface area contributed by atoms with Crippen LogP contribution in [0.15, 0.2) is 86.5 Å². The molecule has 0 aliphatic carbocycles. The van der Waals surface area contributed by atoms with Gasteiger partial charge in [-0.05, 0) is 47.5 Å². The lowest BCUT2D eigenvalue weighted by Crippen LogP contribution is -2.11.